The Bertz CT molecular complexity index is 106. The van der Waals surface area contributed by atoms with Crippen molar-refractivity contribution in [3.8, 4) is 0 Å². The molecular formula is C4H6BCaN2O3. The van der Waals surface area contributed by atoms with E-state index in [0.717, 1.165) is 0 Å². The van der Waals surface area contributed by atoms with Crippen molar-refractivity contribution in [3.05, 3.63) is 24.8 Å². The zero-order valence-corrected chi connectivity index (χ0v) is 8.01. The minimum atomic E-state index is -0.500. The van der Waals surface area contributed by atoms with Crippen LogP contribution >= 0.6 is 0 Å². The fraction of sp³-hybridized carbons (Fsp3) is 0. The smallest absolute Gasteiger partial charge is 0.900 e. The van der Waals surface area contributed by atoms with E-state index in [0.29, 0.717) is 0 Å². The number of H-pyrrole nitrogens is 1. The predicted octanol–water partition coefficient (Wildman–Crippen LogP) is -3.42. The van der Waals surface area contributed by atoms with Crippen molar-refractivity contribution in [1.82, 2.24) is 4.98 Å². The molecule has 0 saturated heterocycles. The van der Waals surface area contributed by atoms with Gasteiger partial charge in [0.25, 0.3) is 6.33 Å². The summed E-state index contributed by atoms with van der Waals surface area (Å²) in [6.45, 7) is 0. The maximum atomic E-state index is 8.25. The normalized spacial score (nSPS) is 5.64. The molecule has 11 heavy (non-hydrogen) atoms. The maximum absolute atomic E-state index is 8.25. The molecule has 0 bridgehead atoms. The van der Waals surface area contributed by atoms with Crippen molar-refractivity contribution < 1.29 is 20.5 Å². The van der Waals surface area contributed by atoms with E-state index in [1.165, 1.54) is 0 Å². The second-order valence-electron chi connectivity index (χ2n) is 1.05. The van der Waals surface area contributed by atoms with Gasteiger partial charge >= 0.3 is 37.7 Å². The summed E-state index contributed by atoms with van der Waals surface area (Å²) in [4.78, 5) is 6.51. The molecule has 1 heterocycles. The van der Waals surface area contributed by atoms with Crippen molar-refractivity contribution in [1.29, 1.82) is 0 Å². The molecule has 2 N–H and O–H groups in total. The predicted molar refractivity (Wildman–Crippen MR) is 34.2 cm³/mol. The Kier molecular flexibility index (Phi) is 26.4. The van der Waals surface area contributed by atoms with E-state index >= 15 is 0 Å². The Morgan fingerprint density at radius 3 is 2.00 bits per heavy atom. The van der Waals surface area contributed by atoms with E-state index in [4.69, 9.17) is 10.0 Å². The zero-order chi connectivity index (χ0) is 6.95. The van der Waals surface area contributed by atoms with Crippen molar-refractivity contribution in [2.45, 2.75) is 0 Å². The summed E-state index contributed by atoms with van der Waals surface area (Å²) in [5.74, 6) is 0. The quantitative estimate of drug-likeness (QED) is 0.388. The van der Waals surface area contributed by atoms with E-state index in [-0.39, 0.29) is 43.2 Å². The summed E-state index contributed by atoms with van der Waals surface area (Å²) in [5.41, 5.74) is 0. The number of nitrogens with zero attached hydrogens (tertiary/aromatic N) is 1. The van der Waals surface area contributed by atoms with Gasteiger partial charge in [0.05, 0.1) is 6.20 Å². The second-order valence-corrected chi connectivity index (χ2v) is 1.05. The van der Waals surface area contributed by atoms with Crippen LogP contribution in [0.3, 0.4) is 0 Å². The fourth-order valence-electron chi connectivity index (χ4n) is 0.277. The first-order chi connectivity index (χ1) is 4.41. The average Bonchev–Trinajstić information content (AvgIpc) is 1.93. The Morgan fingerprint density at radius 2 is 1.91 bits per heavy atom. The largest absolute Gasteiger partial charge is 2.00 e. The Balaban J connectivity index is -0.000000116. The first-order valence-corrected chi connectivity index (χ1v) is 2.23. The van der Waals surface area contributed by atoms with E-state index in [2.05, 4.69) is 9.97 Å². The van der Waals surface area contributed by atoms with E-state index < -0.39 is 7.69 Å². The summed E-state index contributed by atoms with van der Waals surface area (Å²) in [6, 6.07) is 1.83. The third kappa shape index (κ3) is 17.9. The molecule has 0 aliphatic rings. The number of aromatic nitrogens is 2. The SMILES string of the molecule is [Ca+2].[O-][B][O-].[OH-].c1cnc[nH+]c1. The minimum absolute atomic E-state index is 0. The van der Waals surface area contributed by atoms with Crippen LogP contribution in [-0.4, -0.2) is 55.9 Å². The van der Waals surface area contributed by atoms with Crippen LogP contribution in [0, 0.1) is 0 Å². The van der Waals surface area contributed by atoms with Gasteiger partial charge in [-0.2, -0.15) is 0 Å². The first kappa shape index (κ1) is 17.4. The maximum Gasteiger partial charge on any atom is 2.00 e. The van der Waals surface area contributed by atoms with Crippen molar-refractivity contribution in [3.63, 3.8) is 0 Å². The molecule has 7 heteroatoms. The molecule has 0 fully saturated rings. The summed E-state index contributed by atoms with van der Waals surface area (Å²) < 4.78 is 0. The van der Waals surface area contributed by atoms with Gasteiger partial charge in [0, 0.05) is 6.07 Å². The molecule has 0 saturated carbocycles. The van der Waals surface area contributed by atoms with Crippen LogP contribution < -0.4 is 15.0 Å². The number of hydrogen-bond acceptors (Lipinski definition) is 4. The molecule has 0 aliphatic heterocycles. The number of hydrogen-bond donors (Lipinski definition) is 0. The molecule has 0 spiro atoms. The van der Waals surface area contributed by atoms with E-state index in [1.54, 1.807) is 12.5 Å². The van der Waals surface area contributed by atoms with E-state index in [1.807, 2.05) is 12.3 Å². The van der Waals surface area contributed by atoms with Crippen LogP contribution in [0.15, 0.2) is 24.8 Å². The van der Waals surface area contributed by atoms with Crippen molar-refractivity contribution >= 4 is 45.4 Å². The third-order valence-electron chi connectivity index (χ3n) is 0.514. The topological polar surface area (TPSA) is 103 Å². The fourth-order valence-corrected chi connectivity index (χ4v) is 0.277. The molecule has 1 rings (SSSR count). The summed E-state index contributed by atoms with van der Waals surface area (Å²) in [5, 5.41) is 16.5. The zero-order valence-electron chi connectivity index (χ0n) is 5.80. The van der Waals surface area contributed by atoms with Crippen molar-refractivity contribution in [2.24, 2.45) is 0 Å². The van der Waals surface area contributed by atoms with Crippen molar-refractivity contribution in [2.75, 3.05) is 0 Å². The van der Waals surface area contributed by atoms with Gasteiger partial charge < -0.3 is 15.5 Å². The van der Waals surface area contributed by atoms with E-state index in [9.17, 15) is 0 Å². The van der Waals surface area contributed by atoms with Crippen LogP contribution in [0.1, 0.15) is 0 Å². The van der Waals surface area contributed by atoms with Gasteiger partial charge in [0.2, 0.25) is 0 Å². The molecule has 0 aliphatic carbocycles. The second kappa shape index (κ2) is 16.7. The Hall–Kier alpha value is 0.285. The molecule has 0 aromatic carbocycles. The molecule has 1 radical (unpaired) electrons. The van der Waals surface area contributed by atoms with Gasteiger partial charge in [-0.25, -0.2) is 7.69 Å². The molecular weight excluding hydrogens is 175 g/mol. The monoisotopic (exact) mass is 181 g/mol. The third-order valence-corrected chi connectivity index (χ3v) is 0.514. The van der Waals surface area contributed by atoms with Crippen LogP contribution in [-0.2, 0) is 0 Å². The number of rotatable bonds is 0. The van der Waals surface area contributed by atoms with Crippen LogP contribution in [0.2, 0.25) is 0 Å². The van der Waals surface area contributed by atoms with Crippen LogP contribution in [0.5, 0.6) is 0 Å². The van der Waals surface area contributed by atoms with Gasteiger partial charge in [-0.05, 0) is 0 Å². The molecule has 0 amide bonds. The van der Waals surface area contributed by atoms with Crippen LogP contribution in [0.25, 0.3) is 0 Å². The van der Waals surface area contributed by atoms with Gasteiger partial charge in [0.15, 0.2) is 0 Å². The number of aromatic amines is 1. The van der Waals surface area contributed by atoms with Gasteiger partial charge in [0.1, 0.15) is 6.20 Å². The minimum Gasteiger partial charge on any atom is -0.900 e. The number of nitrogens with one attached hydrogen (secondary N) is 1. The first-order valence-electron chi connectivity index (χ1n) is 2.23. The molecule has 5 nitrogen and oxygen atoms in total. The molecule has 1 aromatic rings. The van der Waals surface area contributed by atoms with Gasteiger partial charge in [-0.1, -0.05) is 4.98 Å². The average molecular weight is 181 g/mol. The summed E-state index contributed by atoms with van der Waals surface area (Å²) in [6.07, 6.45) is 5.16. The Morgan fingerprint density at radius 1 is 1.36 bits per heavy atom. The summed E-state index contributed by atoms with van der Waals surface area (Å²) in [7, 11) is -0.500. The molecule has 55 valence electrons. The Labute approximate surface area is 95.1 Å². The standard InChI is InChI=1S/C4H4N2.BO2.Ca.H2O/c1-2-5-4-6-3-1;2-1-3;;/h1-4H;;;1H2/q;-2;+2;. The van der Waals surface area contributed by atoms with Crippen LogP contribution in [0.4, 0.5) is 0 Å². The molecule has 1 aromatic heterocycles. The van der Waals surface area contributed by atoms with Gasteiger partial charge in [-0.3, -0.25) is 4.98 Å². The molecule has 0 atom stereocenters. The van der Waals surface area contributed by atoms with Gasteiger partial charge in [-0.15, -0.1) is 0 Å². The summed E-state index contributed by atoms with van der Waals surface area (Å²) >= 11 is 0. The molecule has 0 unspecified atom stereocenters.